The van der Waals surface area contributed by atoms with Crippen molar-refractivity contribution in [1.82, 2.24) is 10.2 Å². The third-order valence-electron chi connectivity index (χ3n) is 9.64. The molecule has 0 saturated carbocycles. The number of methoxy groups -OCH3 is 1. The second-order valence-corrected chi connectivity index (χ2v) is 12.8. The zero-order chi connectivity index (χ0) is 35.9. The molecule has 0 amide bonds. The Bertz CT molecular complexity index is 1890. The first kappa shape index (κ1) is 35.1. The normalized spacial score (nSPS) is 16.5. The van der Waals surface area contributed by atoms with E-state index in [9.17, 15) is 19.7 Å². The van der Waals surface area contributed by atoms with Gasteiger partial charge in [-0.15, -0.1) is 0 Å². The van der Waals surface area contributed by atoms with Gasteiger partial charge in [-0.2, -0.15) is 0 Å². The van der Waals surface area contributed by atoms with Gasteiger partial charge in [0, 0.05) is 61.8 Å². The van der Waals surface area contributed by atoms with E-state index in [4.69, 9.17) is 9.47 Å². The average molecular weight is 687 g/mol. The number of rotatable bonds is 11. The summed E-state index contributed by atoms with van der Waals surface area (Å²) < 4.78 is 10.8. The quantitative estimate of drug-likeness (QED) is 0.105. The zero-order valence-electron chi connectivity index (χ0n) is 29.1. The molecule has 0 aliphatic carbocycles. The number of allylic oxidation sites excluding steroid dienone is 2. The third-order valence-corrected chi connectivity index (χ3v) is 9.64. The topological polar surface area (TPSA) is 114 Å². The predicted octanol–water partition coefficient (Wildman–Crippen LogP) is 6.70. The second kappa shape index (κ2) is 15.9. The van der Waals surface area contributed by atoms with Crippen LogP contribution in [0.15, 0.2) is 132 Å². The van der Waals surface area contributed by atoms with E-state index in [-0.39, 0.29) is 29.5 Å². The first-order valence-corrected chi connectivity index (χ1v) is 17.1. The molecule has 0 bridgehead atoms. The maximum atomic E-state index is 13.6. The number of ether oxygens (including phenoxy) is 2. The van der Waals surface area contributed by atoms with Crippen LogP contribution < -0.4 is 10.2 Å². The summed E-state index contributed by atoms with van der Waals surface area (Å²) >= 11 is 0. The Morgan fingerprint density at radius 2 is 1.39 bits per heavy atom. The highest BCUT2D eigenvalue weighted by Crippen LogP contribution is 2.40. The number of nitro benzene ring substituents is 1. The van der Waals surface area contributed by atoms with Gasteiger partial charge in [-0.3, -0.25) is 15.0 Å². The lowest BCUT2D eigenvalue weighted by atomic mass is 9.80. The van der Waals surface area contributed by atoms with Crippen LogP contribution in [0.5, 0.6) is 0 Å². The number of carbonyl (C=O) groups excluding carboxylic acids is 2. The highest BCUT2D eigenvalue weighted by atomic mass is 16.6. The van der Waals surface area contributed by atoms with E-state index in [0.717, 1.165) is 37.4 Å². The molecule has 1 N–H and O–H groups in total. The molecule has 51 heavy (non-hydrogen) atoms. The van der Waals surface area contributed by atoms with Gasteiger partial charge in [0.2, 0.25) is 0 Å². The standard InChI is InChI=1S/C41H42N4O6/c1-28-36(40(46)50-3)38(33-15-10-16-35(27-33)45(48)49)37(29(2)42-28)41(47)51-26-21-30-17-19-34(20-18-30)43-22-24-44(25-23-43)39(31-11-6-4-7-12-31)32-13-8-5-9-14-32/h4-20,27,38-39,42H,21-26H2,1-3H3/t38-/m1/s1. The van der Waals surface area contributed by atoms with E-state index in [1.165, 1.54) is 36.4 Å². The molecule has 0 spiro atoms. The van der Waals surface area contributed by atoms with Gasteiger partial charge in [0.15, 0.2) is 0 Å². The van der Waals surface area contributed by atoms with Crippen LogP contribution in [0, 0.1) is 10.1 Å². The Labute approximate surface area is 298 Å². The molecule has 0 aromatic heterocycles. The summed E-state index contributed by atoms with van der Waals surface area (Å²) in [5, 5.41) is 14.7. The van der Waals surface area contributed by atoms with Gasteiger partial charge in [-0.1, -0.05) is 84.9 Å². The van der Waals surface area contributed by atoms with Crippen LogP contribution in [0.2, 0.25) is 0 Å². The molecule has 1 saturated heterocycles. The summed E-state index contributed by atoms with van der Waals surface area (Å²) in [6.07, 6.45) is 0.496. The molecule has 2 heterocycles. The molecule has 4 aromatic carbocycles. The minimum absolute atomic E-state index is 0.117. The number of piperazine rings is 1. The van der Waals surface area contributed by atoms with Gasteiger partial charge in [0.1, 0.15) is 0 Å². The van der Waals surface area contributed by atoms with Gasteiger partial charge in [-0.05, 0) is 48.2 Å². The van der Waals surface area contributed by atoms with Gasteiger partial charge in [0.25, 0.3) is 5.69 Å². The number of anilines is 1. The fraction of sp³-hybridized carbons (Fsp3) is 0.268. The van der Waals surface area contributed by atoms with Crippen LogP contribution in [0.3, 0.4) is 0 Å². The molecule has 1 fully saturated rings. The largest absolute Gasteiger partial charge is 0.466 e. The number of hydrogen-bond acceptors (Lipinski definition) is 9. The molecule has 4 aromatic rings. The Morgan fingerprint density at radius 1 is 0.804 bits per heavy atom. The maximum absolute atomic E-state index is 13.6. The Balaban J connectivity index is 1.09. The molecule has 10 heteroatoms. The van der Waals surface area contributed by atoms with E-state index in [0.29, 0.717) is 23.4 Å². The Kier molecular flexibility index (Phi) is 10.9. The SMILES string of the molecule is COC(=O)C1=C(C)NC(C)=C(C(=O)OCCc2ccc(N3CCN(C(c4ccccc4)c4ccccc4)CC3)cc2)[C@@H]1c1cccc([N+](=O)[O-])c1. The molecule has 262 valence electrons. The summed E-state index contributed by atoms with van der Waals surface area (Å²) in [6, 6.07) is 35.8. The van der Waals surface area contributed by atoms with Crippen molar-refractivity contribution in [2.75, 3.05) is 44.8 Å². The van der Waals surface area contributed by atoms with Crippen molar-refractivity contribution >= 4 is 23.3 Å². The number of esters is 2. The molecule has 2 aliphatic rings. The number of dihydropyridines is 1. The predicted molar refractivity (Wildman–Crippen MR) is 196 cm³/mol. The van der Waals surface area contributed by atoms with Crippen LogP contribution in [-0.2, 0) is 25.5 Å². The fourth-order valence-electron chi connectivity index (χ4n) is 7.13. The fourth-order valence-corrected chi connectivity index (χ4v) is 7.13. The van der Waals surface area contributed by atoms with E-state index < -0.39 is 22.8 Å². The van der Waals surface area contributed by atoms with E-state index in [1.807, 2.05) is 0 Å². The average Bonchev–Trinajstić information content (AvgIpc) is 3.16. The van der Waals surface area contributed by atoms with Gasteiger partial charge in [-0.25, -0.2) is 9.59 Å². The van der Waals surface area contributed by atoms with Crippen molar-refractivity contribution in [2.45, 2.75) is 32.2 Å². The maximum Gasteiger partial charge on any atom is 0.336 e. The molecule has 10 nitrogen and oxygen atoms in total. The Morgan fingerprint density at radius 3 is 1.96 bits per heavy atom. The number of carbonyl (C=O) groups is 2. The van der Waals surface area contributed by atoms with Crippen molar-refractivity contribution in [2.24, 2.45) is 0 Å². The van der Waals surface area contributed by atoms with Crippen LogP contribution in [0.25, 0.3) is 0 Å². The minimum Gasteiger partial charge on any atom is -0.466 e. The minimum atomic E-state index is -0.901. The summed E-state index contributed by atoms with van der Waals surface area (Å²) in [6.45, 7) is 7.22. The first-order chi connectivity index (χ1) is 24.7. The number of benzene rings is 4. The molecular weight excluding hydrogens is 644 g/mol. The summed E-state index contributed by atoms with van der Waals surface area (Å²) in [5.74, 6) is -2.14. The van der Waals surface area contributed by atoms with Gasteiger partial charge in [0.05, 0.1) is 41.7 Å². The van der Waals surface area contributed by atoms with Gasteiger partial charge < -0.3 is 19.7 Å². The zero-order valence-corrected chi connectivity index (χ0v) is 29.1. The number of nitro groups is 1. The van der Waals surface area contributed by atoms with E-state index >= 15 is 0 Å². The van der Waals surface area contributed by atoms with Crippen molar-refractivity contribution < 1.29 is 24.0 Å². The van der Waals surface area contributed by atoms with Gasteiger partial charge >= 0.3 is 11.9 Å². The Hall–Kier alpha value is -5.74. The van der Waals surface area contributed by atoms with Crippen LogP contribution in [-0.4, -0.2) is 61.7 Å². The second-order valence-electron chi connectivity index (χ2n) is 12.8. The summed E-state index contributed by atoms with van der Waals surface area (Å²) in [5.41, 5.74) is 6.44. The smallest absolute Gasteiger partial charge is 0.336 e. The molecule has 6 rings (SSSR count). The number of nitrogens with zero attached hydrogens (tertiary/aromatic N) is 3. The lowest BCUT2D eigenvalue weighted by Crippen LogP contribution is -2.48. The van der Waals surface area contributed by atoms with E-state index in [1.54, 1.807) is 19.9 Å². The van der Waals surface area contributed by atoms with Crippen molar-refractivity contribution in [3.05, 3.63) is 164 Å². The third kappa shape index (κ3) is 7.86. The van der Waals surface area contributed by atoms with Crippen molar-refractivity contribution in [3.63, 3.8) is 0 Å². The van der Waals surface area contributed by atoms with Crippen LogP contribution in [0.1, 0.15) is 48.1 Å². The monoisotopic (exact) mass is 686 g/mol. The van der Waals surface area contributed by atoms with Crippen molar-refractivity contribution in [3.8, 4) is 0 Å². The first-order valence-electron chi connectivity index (χ1n) is 17.1. The van der Waals surface area contributed by atoms with Crippen molar-refractivity contribution in [1.29, 1.82) is 0 Å². The molecular formula is C41H42N4O6. The lowest BCUT2D eigenvalue weighted by Gasteiger charge is -2.40. The summed E-state index contributed by atoms with van der Waals surface area (Å²) in [7, 11) is 1.26. The van der Waals surface area contributed by atoms with Crippen LogP contribution >= 0.6 is 0 Å². The van der Waals surface area contributed by atoms with Crippen LogP contribution in [0.4, 0.5) is 11.4 Å². The molecule has 0 radical (unpaired) electrons. The number of non-ortho nitro benzene ring substituents is 1. The summed E-state index contributed by atoms with van der Waals surface area (Å²) in [4.78, 5) is 42.6. The molecule has 0 unspecified atom stereocenters. The number of nitrogens with one attached hydrogen (secondary N) is 1. The number of hydrogen-bond donors (Lipinski definition) is 1. The molecule has 2 aliphatic heterocycles. The highest BCUT2D eigenvalue weighted by Gasteiger charge is 2.38. The highest BCUT2D eigenvalue weighted by molar-refractivity contribution is 5.99. The molecule has 1 atom stereocenters. The van der Waals surface area contributed by atoms with E-state index in [2.05, 4.69) is 100 Å². The lowest BCUT2D eigenvalue weighted by molar-refractivity contribution is -0.384.